The molecule has 3 heteroatoms. The standard InChI is InChI=1S/C23H23.C13H10.2ClH.Zr/c1-4-16-10-11-20-18(13-16)14-22-21(20)12-15(3)19(5-2)23(22)17-8-6-7-9-17;1-3-7-12(8-4-1)11-13-9-5-2-6-10-13;;;/h6-8,10-14H,4-5,9H2,1-3H3;1-10H;2*1H;/q;;;;+2/p-2. The van der Waals surface area contributed by atoms with Crippen LogP contribution in [0.2, 0.25) is 0 Å². The minimum absolute atomic E-state index is 0. The molecule has 4 aromatic rings. The van der Waals surface area contributed by atoms with Crippen LogP contribution in [0.3, 0.4) is 0 Å². The van der Waals surface area contributed by atoms with Crippen molar-refractivity contribution in [1.82, 2.24) is 0 Å². The van der Waals surface area contributed by atoms with Crippen LogP contribution in [0.15, 0.2) is 103 Å². The molecule has 0 heterocycles. The molecule has 39 heavy (non-hydrogen) atoms. The molecule has 0 bridgehead atoms. The Bertz CT molecular complexity index is 1520. The molecule has 1 unspecified atom stereocenters. The van der Waals surface area contributed by atoms with E-state index in [1.165, 1.54) is 39.0 Å². The second kappa shape index (κ2) is 12.9. The Morgan fingerprint density at radius 3 is 2.03 bits per heavy atom. The van der Waals surface area contributed by atoms with Crippen LogP contribution in [-0.4, -0.2) is 3.21 Å². The zero-order valence-corrected chi connectivity index (χ0v) is 26.7. The van der Waals surface area contributed by atoms with Crippen LogP contribution in [0.1, 0.15) is 68.4 Å². The number of halogens is 2. The van der Waals surface area contributed by atoms with Gasteiger partial charge in [0.1, 0.15) is 0 Å². The fourth-order valence-electron chi connectivity index (χ4n) is 6.16. The monoisotopic (exact) mass is 625 g/mol. The first-order valence-corrected chi connectivity index (χ1v) is 16.2. The second-order valence-corrected chi connectivity index (χ2v) is 13.5. The van der Waals surface area contributed by atoms with Crippen LogP contribution in [-0.2, 0) is 35.6 Å². The summed E-state index contributed by atoms with van der Waals surface area (Å²) in [6, 6.07) is 32.2. The van der Waals surface area contributed by atoms with Crippen molar-refractivity contribution in [3.63, 3.8) is 0 Å². The summed E-state index contributed by atoms with van der Waals surface area (Å²) in [6.07, 6.45) is 10.1. The van der Waals surface area contributed by atoms with Gasteiger partial charge in [-0.2, -0.15) is 0 Å². The van der Waals surface area contributed by atoms with Gasteiger partial charge in [0.15, 0.2) is 0 Å². The summed E-state index contributed by atoms with van der Waals surface area (Å²) in [5, 5.41) is 0. The second-order valence-electron chi connectivity index (χ2n) is 10.1. The van der Waals surface area contributed by atoms with Crippen LogP contribution in [0.25, 0.3) is 16.7 Å². The smallest absolute Gasteiger partial charge is 1.00 e. The van der Waals surface area contributed by atoms with E-state index in [-0.39, 0.29) is 24.8 Å². The largest absolute Gasteiger partial charge is 1.00 e. The first-order valence-electron chi connectivity index (χ1n) is 13.6. The maximum atomic E-state index is 2.54. The molecule has 195 valence electrons. The Hall–Kier alpha value is -2.31. The van der Waals surface area contributed by atoms with Crippen molar-refractivity contribution in [1.29, 1.82) is 0 Å². The molecular weight excluding hydrogens is 595 g/mol. The summed E-state index contributed by atoms with van der Waals surface area (Å²) in [6.45, 7) is 6.94. The summed E-state index contributed by atoms with van der Waals surface area (Å²) in [5.74, 6) is 0. The molecule has 0 aliphatic heterocycles. The van der Waals surface area contributed by atoms with E-state index in [9.17, 15) is 0 Å². The van der Waals surface area contributed by atoms with Gasteiger partial charge in [0.25, 0.3) is 0 Å². The summed E-state index contributed by atoms with van der Waals surface area (Å²) in [5.41, 5.74) is 16.4. The van der Waals surface area contributed by atoms with Crippen LogP contribution < -0.4 is 24.8 Å². The number of benzene rings is 4. The minimum atomic E-state index is -1.14. The van der Waals surface area contributed by atoms with Crippen molar-refractivity contribution in [2.75, 3.05) is 0 Å². The Morgan fingerprint density at radius 2 is 1.46 bits per heavy atom. The van der Waals surface area contributed by atoms with Gasteiger partial charge in [0.05, 0.1) is 0 Å². The van der Waals surface area contributed by atoms with Gasteiger partial charge in [0.2, 0.25) is 0 Å². The van der Waals surface area contributed by atoms with Gasteiger partial charge in [-0.1, -0.05) is 0 Å². The fourth-order valence-corrected chi connectivity index (χ4v) is 10.6. The average molecular weight is 628 g/mol. The quantitative estimate of drug-likeness (QED) is 0.309. The van der Waals surface area contributed by atoms with Gasteiger partial charge >= 0.3 is 234 Å². The summed E-state index contributed by atoms with van der Waals surface area (Å²) in [7, 11) is 0. The normalized spacial score (nSPS) is 14.4. The molecule has 2 aliphatic rings. The Balaban J connectivity index is 0.00000176. The van der Waals surface area contributed by atoms with Crippen molar-refractivity contribution in [2.24, 2.45) is 0 Å². The van der Waals surface area contributed by atoms with E-state index in [0.29, 0.717) is 3.63 Å². The first-order chi connectivity index (χ1) is 18.2. The number of aryl methyl sites for hydroxylation is 2. The number of rotatable bonds is 6. The average Bonchev–Trinajstić information content (AvgIpc) is 3.58. The molecule has 0 saturated carbocycles. The van der Waals surface area contributed by atoms with Gasteiger partial charge in [-0.25, -0.2) is 0 Å². The molecule has 0 aromatic heterocycles. The van der Waals surface area contributed by atoms with E-state index >= 15 is 0 Å². The van der Waals surface area contributed by atoms with Gasteiger partial charge in [0, 0.05) is 0 Å². The molecule has 0 saturated heterocycles. The van der Waals surface area contributed by atoms with Crippen molar-refractivity contribution in [3.05, 3.63) is 148 Å². The summed E-state index contributed by atoms with van der Waals surface area (Å²) < 4.78 is 2.09. The molecule has 0 nitrogen and oxygen atoms in total. The van der Waals surface area contributed by atoms with E-state index in [1.807, 2.05) is 0 Å². The van der Waals surface area contributed by atoms with E-state index < -0.39 is 22.8 Å². The minimum Gasteiger partial charge on any atom is -1.00 e. The zero-order chi connectivity index (χ0) is 25.4. The number of hydrogen-bond donors (Lipinski definition) is 0. The van der Waals surface area contributed by atoms with Gasteiger partial charge < -0.3 is 24.8 Å². The molecular formula is C36H33Cl2Zr. The van der Waals surface area contributed by atoms with Gasteiger partial charge in [-0.3, -0.25) is 0 Å². The van der Waals surface area contributed by atoms with Crippen LogP contribution in [0, 0.1) is 6.92 Å². The van der Waals surface area contributed by atoms with E-state index in [1.54, 1.807) is 25.5 Å². The molecule has 1 atom stereocenters. The number of hydrogen-bond acceptors (Lipinski definition) is 0. The number of fused-ring (bicyclic) bond motifs is 3. The molecule has 0 spiro atoms. The maximum absolute atomic E-state index is 2.54. The predicted molar refractivity (Wildman–Crippen MR) is 155 cm³/mol. The summed E-state index contributed by atoms with van der Waals surface area (Å²) >= 11 is -1.14. The zero-order valence-electron chi connectivity index (χ0n) is 22.8. The first kappa shape index (κ1) is 29.7. The maximum Gasteiger partial charge on any atom is -1.00 e. The Morgan fingerprint density at radius 1 is 0.795 bits per heavy atom. The third-order valence-electron chi connectivity index (χ3n) is 7.97. The molecule has 0 amide bonds. The molecule has 6 rings (SSSR count). The molecule has 0 N–H and O–H groups in total. The van der Waals surface area contributed by atoms with Crippen molar-refractivity contribution < 1.29 is 47.6 Å². The van der Waals surface area contributed by atoms with Crippen molar-refractivity contribution >= 4 is 8.78 Å². The molecule has 0 fully saturated rings. The number of allylic oxidation sites excluding steroid dienone is 4. The van der Waals surface area contributed by atoms with Gasteiger partial charge in [-0.15, -0.1) is 0 Å². The third-order valence-corrected chi connectivity index (χ3v) is 12.3. The predicted octanol–water partition coefficient (Wildman–Crippen LogP) is 2.89. The molecule has 4 aromatic carbocycles. The SMILES string of the molecule is CCc1ccc2c(c1)[CH]([Zr+2]=[C](c1ccccc1)c1ccccc1)c1c-2cc(C)c(CC)c1C1=CC=CC1.[Cl-].[Cl-]. The van der Waals surface area contributed by atoms with E-state index in [0.717, 1.165) is 19.3 Å². The topological polar surface area (TPSA) is 0 Å². The Kier molecular flexibility index (Phi) is 9.82. The van der Waals surface area contributed by atoms with Crippen LogP contribution >= 0.6 is 0 Å². The molecule has 2 aliphatic carbocycles. The van der Waals surface area contributed by atoms with E-state index in [2.05, 4.69) is 124 Å². The third kappa shape index (κ3) is 5.52. The van der Waals surface area contributed by atoms with Gasteiger partial charge in [-0.05, 0) is 0 Å². The van der Waals surface area contributed by atoms with Crippen LogP contribution in [0.4, 0.5) is 0 Å². The van der Waals surface area contributed by atoms with Crippen LogP contribution in [0.5, 0.6) is 0 Å². The Labute approximate surface area is 257 Å². The van der Waals surface area contributed by atoms with E-state index in [4.69, 9.17) is 0 Å². The molecule has 0 radical (unpaired) electrons. The van der Waals surface area contributed by atoms with Crippen molar-refractivity contribution in [2.45, 2.75) is 43.7 Å². The van der Waals surface area contributed by atoms with Crippen molar-refractivity contribution in [3.8, 4) is 11.1 Å². The summed E-state index contributed by atoms with van der Waals surface area (Å²) in [4.78, 5) is 0. The fraction of sp³-hybridized carbons (Fsp3) is 0.194.